The van der Waals surface area contributed by atoms with Crippen LogP contribution in [0, 0.1) is 11.8 Å². The average Bonchev–Trinajstić information content (AvgIpc) is 2.41. The number of unbranched alkanes of at least 4 members (excludes halogenated alkanes) is 7. The van der Waals surface area contributed by atoms with E-state index in [2.05, 4.69) is 27.7 Å². The highest BCUT2D eigenvalue weighted by Gasteiger charge is 2.11. The molecule has 0 amide bonds. The topological polar surface area (TPSA) is 0 Å². The van der Waals surface area contributed by atoms with Gasteiger partial charge in [-0.05, 0) is 18.3 Å². The predicted molar refractivity (Wildman–Crippen MR) is 89.7 cm³/mol. The first-order valence-corrected chi connectivity index (χ1v) is 9.24. The lowest BCUT2D eigenvalue weighted by Crippen LogP contribution is -2.06. The summed E-state index contributed by atoms with van der Waals surface area (Å²) >= 11 is 0. The lowest BCUT2D eigenvalue weighted by molar-refractivity contribution is 0.330. The first-order valence-electron chi connectivity index (χ1n) is 9.24. The summed E-state index contributed by atoms with van der Waals surface area (Å²) in [5, 5.41) is 0. The van der Waals surface area contributed by atoms with E-state index in [9.17, 15) is 0 Å². The fourth-order valence-corrected chi connectivity index (χ4v) is 3.13. The standard InChI is InChI=1S/C19H40/c1-5-8-10-11-12-14-16-19(7-3)17-18(4)15-13-9-6-2/h18-19H,5-17H2,1-4H3. The van der Waals surface area contributed by atoms with Gasteiger partial charge in [0.25, 0.3) is 0 Å². The van der Waals surface area contributed by atoms with E-state index in [4.69, 9.17) is 0 Å². The maximum absolute atomic E-state index is 2.47. The minimum Gasteiger partial charge on any atom is -0.0654 e. The minimum atomic E-state index is 0.955. The van der Waals surface area contributed by atoms with Gasteiger partial charge in [0.1, 0.15) is 0 Å². The van der Waals surface area contributed by atoms with Crippen LogP contribution in [0.5, 0.6) is 0 Å². The second-order valence-corrected chi connectivity index (χ2v) is 6.67. The average molecular weight is 269 g/mol. The molecule has 0 heteroatoms. The molecule has 19 heavy (non-hydrogen) atoms. The van der Waals surface area contributed by atoms with Gasteiger partial charge in [-0.25, -0.2) is 0 Å². The summed E-state index contributed by atoms with van der Waals surface area (Å²) in [5.74, 6) is 1.96. The smallest absolute Gasteiger partial charge is 0.0414 e. The Bertz CT molecular complexity index is 161. The molecule has 0 radical (unpaired) electrons. The molecule has 0 aliphatic carbocycles. The zero-order valence-electron chi connectivity index (χ0n) is 14.3. The van der Waals surface area contributed by atoms with Crippen LogP contribution in [0.1, 0.15) is 111 Å². The monoisotopic (exact) mass is 268 g/mol. The van der Waals surface area contributed by atoms with E-state index in [1.54, 1.807) is 0 Å². The molecule has 0 aromatic rings. The van der Waals surface area contributed by atoms with Gasteiger partial charge >= 0.3 is 0 Å². The van der Waals surface area contributed by atoms with E-state index in [1.807, 2.05) is 0 Å². The molecule has 0 rings (SSSR count). The first-order chi connectivity index (χ1) is 9.24. The SMILES string of the molecule is CCCCCCCCC(CC)CC(C)CCCCC. The molecule has 0 aromatic carbocycles. The third kappa shape index (κ3) is 12.8. The summed E-state index contributed by atoms with van der Waals surface area (Å²) in [4.78, 5) is 0. The Kier molecular flexibility index (Phi) is 14.4. The quantitative estimate of drug-likeness (QED) is 0.288. The van der Waals surface area contributed by atoms with E-state index in [1.165, 1.54) is 83.5 Å². The van der Waals surface area contributed by atoms with Crippen LogP contribution in [-0.2, 0) is 0 Å². The van der Waals surface area contributed by atoms with Crippen molar-refractivity contribution in [1.82, 2.24) is 0 Å². The van der Waals surface area contributed by atoms with Crippen molar-refractivity contribution < 1.29 is 0 Å². The van der Waals surface area contributed by atoms with Crippen molar-refractivity contribution in [2.45, 2.75) is 111 Å². The third-order valence-electron chi connectivity index (χ3n) is 4.58. The van der Waals surface area contributed by atoms with Crippen molar-refractivity contribution >= 4 is 0 Å². The first kappa shape index (κ1) is 19.0. The van der Waals surface area contributed by atoms with Crippen LogP contribution >= 0.6 is 0 Å². The zero-order valence-corrected chi connectivity index (χ0v) is 14.3. The summed E-state index contributed by atoms with van der Waals surface area (Å²) in [5.41, 5.74) is 0. The molecule has 0 aromatic heterocycles. The second kappa shape index (κ2) is 14.4. The fourth-order valence-electron chi connectivity index (χ4n) is 3.13. The van der Waals surface area contributed by atoms with Crippen LogP contribution in [0.15, 0.2) is 0 Å². The van der Waals surface area contributed by atoms with E-state index >= 15 is 0 Å². The van der Waals surface area contributed by atoms with Crippen LogP contribution in [0.2, 0.25) is 0 Å². The molecule has 0 aliphatic heterocycles. The highest BCUT2D eigenvalue weighted by atomic mass is 14.2. The summed E-state index contributed by atoms with van der Waals surface area (Å²) in [6.45, 7) is 9.46. The van der Waals surface area contributed by atoms with Crippen molar-refractivity contribution in [1.29, 1.82) is 0 Å². The molecule has 0 aliphatic rings. The Morgan fingerprint density at radius 3 is 1.79 bits per heavy atom. The molecule has 0 bridgehead atoms. The van der Waals surface area contributed by atoms with Gasteiger partial charge in [-0.1, -0.05) is 105 Å². The highest BCUT2D eigenvalue weighted by molar-refractivity contribution is 4.63. The van der Waals surface area contributed by atoms with Crippen LogP contribution in [0.25, 0.3) is 0 Å². The number of rotatable bonds is 14. The van der Waals surface area contributed by atoms with Crippen molar-refractivity contribution in [3.05, 3.63) is 0 Å². The Balaban J connectivity index is 3.53. The maximum Gasteiger partial charge on any atom is -0.0414 e. The summed E-state index contributed by atoms with van der Waals surface area (Å²) in [6.07, 6.45) is 18.7. The molecule has 2 unspecified atom stereocenters. The van der Waals surface area contributed by atoms with E-state index in [0.717, 1.165) is 11.8 Å². The van der Waals surface area contributed by atoms with Crippen molar-refractivity contribution in [3.63, 3.8) is 0 Å². The van der Waals surface area contributed by atoms with Gasteiger partial charge in [-0.2, -0.15) is 0 Å². The molecule has 2 atom stereocenters. The molecule has 116 valence electrons. The molecular formula is C19H40. The van der Waals surface area contributed by atoms with E-state index in [-0.39, 0.29) is 0 Å². The van der Waals surface area contributed by atoms with Gasteiger partial charge in [0.2, 0.25) is 0 Å². The van der Waals surface area contributed by atoms with Crippen molar-refractivity contribution in [3.8, 4) is 0 Å². The molecule has 0 saturated carbocycles. The largest absolute Gasteiger partial charge is 0.0654 e. The Morgan fingerprint density at radius 2 is 1.16 bits per heavy atom. The summed E-state index contributed by atoms with van der Waals surface area (Å²) in [7, 11) is 0. The van der Waals surface area contributed by atoms with Gasteiger partial charge in [0.15, 0.2) is 0 Å². The lowest BCUT2D eigenvalue weighted by Gasteiger charge is -2.19. The van der Waals surface area contributed by atoms with Gasteiger partial charge < -0.3 is 0 Å². The molecule has 0 heterocycles. The number of hydrogen-bond acceptors (Lipinski definition) is 0. The molecule has 0 spiro atoms. The number of hydrogen-bond donors (Lipinski definition) is 0. The van der Waals surface area contributed by atoms with Crippen molar-refractivity contribution in [2.24, 2.45) is 11.8 Å². The molecule has 0 saturated heterocycles. The van der Waals surface area contributed by atoms with Crippen LogP contribution < -0.4 is 0 Å². The third-order valence-corrected chi connectivity index (χ3v) is 4.58. The van der Waals surface area contributed by atoms with Crippen LogP contribution in [0.3, 0.4) is 0 Å². The summed E-state index contributed by atoms with van der Waals surface area (Å²) in [6, 6.07) is 0. The highest BCUT2D eigenvalue weighted by Crippen LogP contribution is 2.25. The molecule has 0 fully saturated rings. The van der Waals surface area contributed by atoms with Crippen LogP contribution in [0.4, 0.5) is 0 Å². The lowest BCUT2D eigenvalue weighted by atomic mass is 9.87. The van der Waals surface area contributed by atoms with Crippen molar-refractivity contribution in [2.75, 3.05) is 0 Å². The minimum absolute atomic E-state index is 0.955. The van der Waals surface area contributed by atoms with Gasteiger partial charge in [-0.15, -0.1) is 0 Å². The Morgan fingerprint density at radius 1 is 0.632 bits per heavy atom. The van der Waals surface area contributed by atoms with Gasteiger partial charge in [-0.3, -0.25) is 0 Å². The van der Waals surface area contributed by atoms with Crippen LogP contribution in [-0.4, -0.2) is 0 Å². The molecular weight excluding hydrogens is 228 g/mol. The second-order valence-electron chi connectivity index (χ2n) is 6.67. The van der Waals surface area contributed by atoms with E-state index in [0.29, 0.717) is 0 Å². The summed E-state index contributed by atoms with van der Waals surface area (Å²) < 4.78 is 0. The van der Waals surface area contributed by atoms with E-state index < -0.39 is 0 Å². The Labute approximate surface area is 123 Å². The predicted octanol–water partition coefficient (Wildman–Crippen LogP) is 7.37. The van der Waals surface area contributed by atoms with Gasteiger partial charge in [0, 0.05) is 0 Å². The van der Waals surface area contributed by atoms with Gasteiger partial charge in [0.05, 0.1) is 0 Å². The molecule has 0 nitrogen and oxygen atoms in total. The normalized spacial score (nSPS) is 14.5. The molecule has 0 N–H and O–H groups in total. The maximum atomic E-state index is 2.47. The zero-order chi connectivity index (χ0) is 14.3. The Hall–Kier alpha value is 0. The fraction of sp³-hybridized carbons (Fsp3) is 1.00.